The van der Waals surface area contributed by atoms with Crippen LogP contribution in [-0.2, 0) is 13.0 Å². The minimum Gasteiger partial charge on any atom is -0.333 e. The molecular weight excluding hydrogens is 410 g/mol. The van der Waals surface area contributed by atoms with Crippen molar-refractivity contribution in [3.05, 3.63) is 66.2 Å². The lowest BCUT2D eigenvalue weighted by Crippen LogP contribution is -2.39. The monoisotopic (exact) mass is 437 g/mol. The van der Waals surface area contributed by atoms with Crippen molar-refractivity contribution in [3.63, 3.8) is 0 Å². The molecular formula is C24H27N3O3S. The fourth-order valence-corrected chi connectivity index (χ4v) is 6.46. The van der Waals surface area contributed by atoms with E-state index < -0.39 is 0 Å². The molecule has 0 radical (unpaired) electrons. The van der Waals surface area contributed by atoms with Crippen LogP contribution >= 0.6 is 11.3 Å². The zero-order chi connectivity index (χ0) is 21.7. The Morgan fingerprint density at radius 2 is 1.77 bits per heavy atom. The third-order valence-corrected chi connectivity index (χ3v) is 7.76. The zero-order valence-corrected chi connectivity index (χ0v) is 18.8. The molecule has 2 aromatic heterocycles. The van der Waals surface area contributed by atoms with Crippen LogP contribution in [0.3, 0.4) is 0 Å². The van der Waals surface area contributed by atoms with E-state index in [9.17, 15) is 14.4 Å². The Hall–Kier alpha value is -2.67. The lowest BCUT2D eigenvalue weighted by atomic mass is 9.95. The molecule has 3 heterocycles. The summed E-state index contributed by atoms with van der Waals surface area (Å²) >= 11 is 1.44. The van der Waals surface area contributed by atoms with Gasteiger partial charge in [-0.3, -0.25) is 19.1 Å². The first-order valence-electron chi connectivity index (χ1n) is 11.1. The van der Waals surface area contributed by atoms with Crippen LogP contribution in [0.1, 0.15) is 70.1 Å². The summed E-state index contributed by atoms with van der Waals surface area (Å²) < 4.78 is 1.46. The topological polar surface area (TPSA) is 75.2 Å². The number of aromatic nitrogens is 2. The fraction of sp³-hybridized carbons (Fsp3) is 0.458. The highest BCUT2D eigenvalue weighted by Crippen LogP contribution is 2.33. The van der Waals surface area contributed by atoms with Gasteiger partial charge in [-0.1, -0.05) is 36.5 Å². The molecule has 5 rings (SSSR count). The molecule has 3 aromatic rings. The van der Waals surface area contributed by atoms with Crippen molar-refractivity contribution in [2.24, 2.45) is 0 Å². The standard InChI is InChI=1S/C24H27N3O3S/c1-14-10-15(2)12-16(11-14)22(28)26-9-8-18-19(13-26)31-21-20(18)23(29)27(24(30)25-21)17-6-4-3-5-7-17/h10-12,17H,3-9,13H2,1-2H3,(H,25,30). The second kappa shape index (κ2) is 7.79. The lowest BCUT2D eigenvalue weighted by Gasteiger charge is -2.27. The normalized spacial score (nSPS) is 17.2. The zero-order valence-electron chi connectivity index (χ0n) is 18.0. The summed E-state index contributed by atoms with van der Waals surface area (Å²) in [5, 5.41) is 0.656. The van der Waals surface area contributed by atoms with Crippen molar-refractivity contribution in [2.75, 3.05) is 6.54 Å². The number of H-pyrrole nitrogens is 1. The average Bonchev–Trinajstić information content (AvgIpc) is 3.10. The van der Waals surface area contributed by atoms with E-state index in [0.717, 1.165) is 47.3 Å². The SMILES string of the molecule is Cc1cc(C)cc(C(=O)N2CCc3c(sc4[nH]c(=O)n(C5CCCCC5)c(=O)c34)C2)c1. The molecule has 0 saturated heterocycles. The number of rotatable bonds is 2. The van der Waals surface area contributed by atoms with Crippen LogP contribution in [0.25, 0.3) is 10.2 Å². The number of amides is 1. The quantitative estimate of drug-likeness (QED) is 0.657. The molecule has 0 bridgehead atoms. The number of aromatic amines is 1. The Morgan fingerprint density at radius 3 is 2.48 bits per heavy atom. The van der Waals surface area contributed by atoms with Gasteiger partial charge in [-0.15, -0.1) is 11.3 Å². The molecule has 1 aromatic carbocycles. The maximum absolute atomic E-state index is 13.4. The first kappa shape index (κ1) is 20.2. The van der Waals surface area contributed by atoms with E-state index in [1.807, 2.05) is 30.9 Å². The van der Waals surface area contributed by atoms with Crippen molar-refractivity contribution >= 4 is 27.5 Å². The summed E-state index contributed by atoms with van der Waals surface area (Å²) in [5.74, 6) is 0.0167. The molecule has 0 unspecified atom stereocenters. The van der Waals surface area contributed by atoms with Crippen LogP contribution in [0, 0.1) is 13.8 Å². The first-order valence-corrected chi connectivity index (χ1v) is 11.9. The molecule has 1 amide bonds. The van der Waals surface area contributed by atoms with Gasteiger partial charge in [0.1, 0.15) is 4.83 Å². The van der Waals surface area contributed by atoms with E-state index in [2.05, 4.69) is 11.1 Å². The number of fused-ring (bicyclic) bond motifs is 3. The summed E-state index contributed by atoms with van der Waals surface area (Å²) in [6.45, 7) is 5.05. The molecule has 0 spiro atoms. The molecule has 0 atom stereocenters. The van der Waals surface area contributed by atoms with E-state index >= 15 is 0 Å². The number of nitrogens with one attached hydrogen (secondary N) is 1. The maximum atomic E-state index is 13.4. The Labute approximate surface area is 184 Å². The van der Waals surface area contributed by atoms with Gasteiger partial charge in [0.2, 0.25) is 0 Å². The van der Waals surface area contributed by atoms with Gasteiger partial charge in [0.25, 0.3) is 11.5 Å². The van der Waals surface area contributed by atoms with Gasteiger partial charge in [0, 0.05) is 23.0 Å². The Morgan fingerprint density at radius 1 is 1.06 bits per heavy atom. The van der Waals surface area contributed by atoms with E-state index in [4.69, 9.17) is 0 Å². The Kier molecular flexibility index (Phi) is 5.08. The number of nitrogens with zero attached hydrogens (tertiary/aromatic N) is 2. The predicted octanol–water partition coefficient (Wildman–Crippen LogP) is 4.07. The number of hydrogen-bond donors (Lipinski definition) is 1. The Balaban J connectivity index is 1.51. The number of aryl methyl sites for hydroxylation is 2. The van der Waals surface area contributed by atoms with Gasteiger partial charge in [0.05, 0.1) is 11.9 Å². The summed E-state index contributed by atoms with van der Waals surface area (Å²) in [4.78, 5) is 45.7. The van der Waals surface area contributed by atoms with Crippen molar-refractivity contribution < 1.29 is 4.79 Å². The number of carbonyl (C=O) groups is 1. The molecule has 2 aliphatic rings. The average molecular weight is 438 g/mol. The molecule has 31 heavy (non-hydrogen) atoms. The summed E-state index contributed by atoms with van der Waals surface area (Å²) in [6.07, 6.45) is 5.71. The molecule has 1 aliphatic carbocycles. The van der Waals surface area contributed by atoms with Gasteiger partial charge in [-0.2, -0.15) is 0 Å². The fourth-order valence-electron chi connectivity index (χ4n) is 5.21. The van der Waals surface area contributed by atoms with E-state index in [1.165, 1.54) is 22.3 Å². The molecule has 1 N–H and O–H groups in total. The third kappa shape index (κ3) is 3.55. The van der Waals surface area contributed by atoms with E-state index in [-0.39, 0.29) is 23.2 Å². The van der Waals surface area contributed by atoms with Gasteiger partial charge in [-0.25, -0.2) is 4.79 Å². The highest BCUT2D eigenvalue weighted by molar-refractivity contribution is 7.18. The van der Waals surface area contributed by atoms with E-state index in [0.29, 0.717) is 35.3 Å². The predicted molar refractivity (Wildman–Crippen MR) is 123 cm³/mol. The smallest absolute Gasteiger partial charge is 0.329 e. The van der Waals surface area contributed by atoms with Crippen LogP contribution in [0.4, 0.5) is 0 Å². The lowest BCUT2D eigenvalue weighted by molar-refractivity contribution is 0.0737. The number of benzene rings is 1. The molecule has 6 nitrogen and oxygen atoms in total. The minimum atomic E-state index is -0.300. The molecule has 7 heteroatoms. The molecule has 1 saturated carbocycles. The maximum Gasteiger partial charge on any atom is 0.329 e. The first-order chi connectivity index (χ1) is 14.9. The summed E-state index contributed by atoms with van der Waals surface area (Å²) in [6, 6.07) is 5.91. The van der Waals surface area contributed by atoms with Crippen LogP contribution in [0.2, 0.25) is 0 Å². The highest BCUT2D eigenvalue weighted by Gasteiger charge is 2.29. The number of carbonyl (C=O) groups excluding carboxylic acids is 1. The van der Waals surface area contributed by atoms with Gasteiger partial charge < -0.3 is 4.90 Å². The van der Waals surface area contributed by atoms with Crippen LogP contribution in [0.15, 0.2) is 27.8 Å². The van der Waals surface area contributed by atoms with Crippen LogP contribution in [-0.4, -0.2) is 26.9 Å². The van der Waals surface area contributed by atoms with Crippen LogP contribution in [0.5, 0.6) is 0 Å². The second-order valence-electron chi connectivity index (χ2n) is 8.96. The number of thiophene rings is 1. The second-order valence-corrected chi connectivity index (χ2v) is 10.1. The van der Waals surface area contributed by atoms with Crippen molar-refractivity contribution in [3.8, 4) is 0 Å². The van der Waals surface area contributed by atoms with Crippen LogP contribution < -0.4 is 11.2 Å². The molecule has 1 fully saturated rings. The highest BCUT2D eigenvalue weighted by atomic mass is 32.1. The summed E-state index contributed by atoms with van der Waals surface area (Å²) in [5.41, 5.74) is 3.40. The van der Waals surface area contributed by atoms with Crippen molar-refractivity contribution in [1.29, 1.82) is 0 Å². The number of hydrogen-bond acceptors (Lipinski definition) is 4. The molecule has 162 valence electrons. The van der Waals surface area contributed by atoms with Gasteiger partial charge in [-0.05, 0) is 50.8 Å². The Bertz CT molecular complexity index is 1270. The van der Waals surface area contributed by atoms with Gasteiger partial charge >= 0.3 is 5.69 Å². The van der Waals surface area contributed by atoms with E-state index in [1.54, 1.807) is 0 Å². The minimum absolute atomic E-state index is 0.00354. The third-order valence-electron chi connectivity index (χ3n) is 6.62. The van der Waals surface area contributed by atoms with Crippen molar-refractivity contribution in [2.45, 2.75) is 65.0 Å². The van der Waals surface area contributed by atoms with Crippen molar-refractivity contribution in [1.82, 2.24) is 14.5 Å². The summed E-state index contributed by atoms with van der Waals surface area (Å²) in [7, 11) is 0. The molecule has 1 aliphatic heterocycles. The van der Waals surface area contributed by atoms with Gasteiger partial charge in [0.15, 0.2) is 0 Å². The largest absolute Gasteiger partial charge is 0.333 e.